The van der Waals surface area contributed by atoms with Crippen LogP contribution in [0.25, 0.3) is 0 Å². The minimum atomic E-state index is -0.186. The van der Waals surface area contributed by atoms with Crippen LogP contribution in [0.4, 0.5) is 0 Å². The van der Waals surface area contributed by atoms with Crippen molar-refractivity contribution in [3.05, 3.63) is 69.6 Å². The average Bonchev–Trinajstić information content (AvgIpc) is 3.04. The van der Waals surface area contributed by atoms with E-state index in [1.165, 1.54) is 23.4 Å². The number of pyridine rings is 1. The molecule has 1 aromatic carbocycles. The molecule has 2 unspecified atom stereocenters. The number of carbonyl (C=O) groups excluding carboxylic acids is 1. The van der Waals surface area contributed by atoms with E-state index >= 15 is 0 Å². The molecule has 0 saturated carbocycles. The van der Waals surface area contributed by atoms with Crippen LogP contribution in [0.2, 0.25) is 0 Å². The standard InChI is InChI=1S/C16H14N2O2/c19-15-8-5-10(9-17-15)16(20)18-13-6-7-14(18)12-4-2-1-3-11(12)13/h1-5,8-9,13-14H,6-7H2,(H,17,19). The summed E-state index contributed by atoms with van der Waals surface area (Å²) < 4.78 is 0. The van der Waals surface area contributed by atoms with Crippen LogP contribution >= 0.6 is 0 Å². The predicted molar refractivity (Wildman–Crippen MR) is 74.4 cm³/mol. The molecule has 2 atom stereocenters. The number of nitrogens with zero attached hydrogens (tertiary/aromatic N) is 1. The highest BCUT2D eigenvalue weighted by atomic mass is 16.2. The van der Waals surface area contributed by atoms with Crippen LogP contribution in [-0.2, 0) is 0 Å². The fourth-order valence-electron chi connectivity index (χ4n) is 3.52. The van der Waals surface area contributed by atoms with Crippen molar-refractivity contribution in [2.45, 2.75) is 24.9 Å². The van der Waals surface area contributed by atoms with E-state index in [1.54, 1.807) is 6.07 Å². The molecule has 2 aromatic rings. The molecule has 1 amide bonds. The SMILES string of the molecule is O=C(c1ccc(=O)[nH]c1)N1C2CCC1c1ccccc12. The third-order valence-corrected chi connectivity index (χ3v) is 4.36. The lowest BCUT2D eigenvalue weighted by molar-refractivity contribution is 0.0696. The number of rotatable bonds is 1. The van der Waals surface area contributed by atoms with Crippen LogP contribution in [0.1, 0.15) is 46.4 Å². The predicted octanol–water partition coefficient (Wildman–Crippen LogP) is 2.41. The Morgan fingerprint density at radius 3 is 2.25 bits per heavy atom. The van der Waals surface area contributed by atoms with Crippen LogP contribution in [-0.4, -0.2) is 15.8 Å². The maximum atomic E-state index is 12.7. The molecule has 1 aromatic heterocycles. The Morgan fingerprint density at radius 2 is 1.70 bits per heavy atom. The molecule has 0 radical (unpaired) electrons. The van der Waals surface area contributed by atoms with E-state index in [4.69, 9.17) is 0 Å². The van der Waals surface area contributed by atoms with E-state index in [2.05, 4.69) is 17.1 Å². The summed E-state index contributed by atoms with van der Waals surface area (Å²) in [6.45, 7) is 0. The van der Waals surface area contributed by atoms with Gasteiger partial charge >= 0.3 is 0 Å². The number of nitrogens with one attached hydrogen (secondary N) is 1. The number of aromatic amines is 1. The molecule has 2 aliphatic rings. The summed E-state index contributed by atoms with van der Waals surface area (Å²) in [5, 5.41) is 0. The number of H-pyrrole nitrogens is 1. The number of benzene rings is 1. The van der Waals surface area contributed by atoms with E-state index in [9.17, 15) is 9.59 Å². The zero-order valence-electron chi connectivity index (χ0n) is 10.9. The summed E-state index contributed by atoms with van der Waals surface area (Å²) in [6.07, 6.45) is 3.56. The first-order valence-corrected chi connectivity index (χ1v) is 6.86. The van der Waals surface area contributed by atoms with Gasteiger partial charge in [-0.25, -0.2) is 0 Å². The Balaban J connectivity index is 1.73. The third kappa shape index (κ3) is 1.48. The van der Waals surface area contributed by atoms with E-state index in [-0.39, 0.29) is 23.6 Å². The molecule has 4 heteroatoms. The highest BCUT2D eigenvalue weighted by Gasteiger charge is 2.46. The van der Waals surface area contributed by atoms with Crippen LogP contribution in [0.3, 0.4) is 0 Å². The second kappa shape index (κ2) is 4.07. The highest BCUT2D eigenvalue weighted by molar-refractivity contribution is 5.95. The van der Waals surface area contributed by atoms with Crippen molar-refractivity contribution in [2.24, 2.45) is 0 Å². The smallest absolute Gasteiger partial charge is 0.256 e. The lowest BCUT2D eigenvalue weighted by atomic mass is 9.92. The van der Waals surface area contributed by atoms with Crippen molar-refractivity contribution in [1.29, 1.82) is 0 Å². The largest absolute Gasteiger partial charge is 0.328 e. The second-order valence-corrected chi connectivity index (χ2v) is 5.39. The van der Waals surface area contributed by atoms with E-state index in [0.717, 1.165) is 12.8 Å². The van der Waals surface area contributed by atoms with Crippen LogP contribution in [0.15, 0.2) is 47.4 Å². The lowest BCUT2D eigenvalue weighted by Crippen LogP contribution is -2.28. The first kappa shape index (κ1) is 11.5. The minimum absolute atomic E-state index is 0.00458. The average molecular weight is 266 g/mol. The lowest BCUT2D eigenvalue weighted by Gasteiger charge is -2.22. The summed E-state index contributed by atoms with van der Waals surface area (Å²) in [5.41, 5.74) is 2.92. The zero-order chi connectivity index (χ0) is 13.7. The van der Waals surface area contributed by atoms with Gasteiger partial charge in [0.15, 0.2) is 0 Å². The summed E-state index contributed by atoms with van der Waals surface area (Å²) >= 11 is 0. The summed E-state index contributed by atoms with van der Waals surface area (Å²) in [7, 11) is 0. The van der Waals surface area contributed by atoms with Gasteiger partial charge in [0, 0.05) is 12.3 Å². The van der Waals surface area contributed by atoms with Gasteiger partial charge in [-0.1, -0.05) is 24.3 Å². The van der Waals surface area contributed by atoms with Gasteiger partial charge in [0.05, 0.1) is 17.6 Å². The van der Waals surface area contributed by atoms with Crippen molar-refractivity contribution in [1.82, 2.24) is 9.88 Å². The molecular formula is C16H14N2O2. The first-order chi connectivity index (χ1) is 9.75. The van der Waals surface area contributed by atoms with Crippen molar-refractivity contribution in [3.8, 4) is 0 Å². The van der Waals surface area contributed by atoms with Crippen molar-refractivity contribution in [3.63, 3.8) is 0 Å². The molecule has 0 aliphatic carbocycles. The Hall–Kier alpha value is -2.36. The molecule has 2 bridgehead atoms. The van der Waals surface area contributed by atoms with Gasteiger partial charge in [0.2, 0.25) is 5.56 Å². The fraction of sp³-hybridized carbons (Fsp3) is 0.250. The van der Waals surface area contributed by atoms with Gasteiger partial charge in [-0.15, -0.1) is 0 Å². The maximum absolute atomic E-state index is 12.7. The quantitative estimate of drug-likeness (QED) is 0.861. The molecule has 0 spiro atoms. The number of fused-ring (bicyclic) bond motifs is 5. The fourth-order valence-corrected chi connectivity index (χ4v) is 3.52. The zero-order valence-corrected chi connectivity index (χ0v) is 10.9. The van der Waals surface area contributed by atoms with Gasteiger partial charge in [-0.05, 0) is 30.0 Å². The van der Waals surface area contributed by atoms with Gasteiger partial charge in [-0.3, -0.25) is 9.59 Å². The molecular weight excluding hydrogens is 252 g/mol. The molecule has 20 heavy (non-hydrogen) atoms. The van der Waals surface area contributed by atoms with Crippen LogP contribution < -0.4 is 5.56 Å². The van der Waals surface area contributed by atoms with Crippen LogP contribution in [0, 0.1) is 0 Å². The van der Waals surface area contributed by atoms with Crippen molar-refractivity contribution < 1.29 is 4.79 Å². The van der Waals surface area contributed by atoms with Crippen molar-refractivity contribution in [2.75, 3.05) is 0 Å². The third-order valence-electron chi connectivity index (χ3n) is 4.36. The molecule has 1 N–H and O–H groups in total. The minimum Gasteiger partial charge on any atom is -0.328 e. The molecule has 1 saturated heterocycles. The van der Waals surface area contributed by atoms with Gasteiger partial charge in [0.25, 0.3) is 5.91 Å². The van der Waals surface area contributed by atoms with E-state index in [1.807, 2.05) is 17.0 Å². The number of hydrogen-bond acceptors (Lipinski definition) is 2. The topological polar surface area (TPSA) is 53.2 Å². The summed E-state index contributed by atoms with van der Waals surface area (Å²) in [4.78, 5) is 28.3. The highest BCUT2D eigenvalue weighted by Crippen LogP contribution is 2.53. The number of amides is 1. The van der Waals surface area contributed by atoms with E-state index < -0.39 is 0 Å². The summed E-state index contributed by atoms with van der Waals surface area (Å²) in [5.74, 6) is 0.00458. The molecule has 1 fully saturated rings. The first-order valence-electron chi connectivity index (χ1n) is 6.86. The summed E-state index contributed by atoms with van der Waals surface area (Å²) in [6, 6.07) is 11.7. The van der Waals surface area contributed by atoms with Gasteiger partial charge in [0.1, 0.15) is 0 Å². The Kier molecular flexibility index (Phi) is 2.33. The van der Waals surface area contributed by atoms with E-state index in [0.29, 0.717) is 5.56 Å². The number of aromatic nitrogens is 1. The maximum Gasteiger partial charge on any atom is 0.256 e. The Bertz CT molecular complexity index is 699. The van der Waals surface area contributed by atoms with Crippen LogP contribution in [0.5, 0.6) is 0 Å². The van der Waals surface area contributed by atoms with Crippen molar-refractivity contribution >= 4 is 5.91 Å². The van der Waals surface area contributed by atoms with Gasteiger partial charge in [-0.2, -0.15) is 0 Å². The Labute approximate surface area is 116 Å². The molecule has 100 valence electrons. The normalized spacial score (nSPS) is 22.9. The molecule has 2 aliphatic heterocycles. The Morgan fingerprint density at radius 1 is 1.05 bits per heavy atom. The number of carbonyl (C=O) groups is 1. The molecule has 4 rings (SSSR count). The van der Waals surface area contributed by atoms with Gasteiger partial charge < -0.3 is 9.88 Å². The molecule has 4 nitrogen and oxygen atoms in total. The molecule has 3 heterocycles. The number of hydrogen-bond donors (Lipinski definition) is 1. The second-order valence-electron chi connectivity index (χ2n) is 5.39. The monoisotopic (exact) mass is 266 g/mol.